The van der Waals surface area contributed by atoms with Gasteiger partial charge in [0, 0.05) is 6.92 Å². The van der Waals surface area contributed by atoms with Crippen molar-refractivity contribution in [3.05, 3.63) is 0 Å². The number of hydrogen-bond donors (Lipinski definition) is 5. The Hall–Kier alpha value is -0.730. The molecule has 0 aromatic rings. The van der Waals surface area contributed by atoms with Gasteiger partial charge < -0.3 is 30.5 Å². The summed E-state index contributed by atoms with van der Waals surface area (Å²) in [6.45, 7) is 0.472. The maximum atomic E-state index is 10.8. The first kappa shape index (κ1) is 10.8. The number of hydrogen-bond acceptors (Lipinski definition) is 6. The number of carbonyl (C=O) groups excluding carboxylic acids is 1. The molecular formula is C8H15NO6. The van der Waals surface area contributed by atoms with Gasteiger partial charge >= 0.3 is 0 Å². The molecule has 7 heteroatoms. The molecule has 1 unspecified atom stereocenters. The van der Waals surface area contributed by atoms with Gasteiger partial charge in [-0.3, -0.25) is 4.79 Å². The minimum absolute atomic E-state index is 0.590. The minimum atomic E-state index is -2.53. The molecule has 15 heavy (non-hydrogen) atoms. The summed E-state index contributed by atoms with van der Waals surface area (Å²) in [6.07, 6.45) is -7.22. The second-order valence-corrected chi connectivity index (χ2v) is 3.30. The van der Waals surface area contributed by atoms with Crippen LogP contribution in [0.3, 0.4) is 0 Å². The molecule has 0 radical (unpaired) electrons. The van der Waals surface area contributed by atoms with Crippen LogP contribution in [0.5, 0.6) is 0 Å². The lowest BCUT2D eigenvalue weighted by Gasteiger charge is -2.40. The van der Waals surface area contributed by atoms with Crippen LogP contribution in [0.4, 0.5) is 0 Å². The third kappa shape index (κ3) is 2.64. The molecule has 0 aliphatic carbocycles. The van der Waals surface area contributed by atoms with E-state index in [1.54, 1.807) is 0 Å². The zero-order valence-electron chi connectivity index (χ0n) is 9.12. The van der Waals surface area contributed by atoms with Crippen LogP contribution >= 0.6 is 0 Å². The van der Waals surface area contributed by atoms with Crippen molar-refractivity contribution in [1.29, 1.82) is 0 Å². The lowest BCUT2D eigenvalue weighted by molar-refractivity contribution is -0.253. The molecule has 1 fully saturated rings. The Balaban J connectivity index is 2.89. The van der Waals surface area contributed by atoms with E-state index in [0.29, 0.717) is 0 Å². The monoisotopic (exact) mass is 222 g/mol. The summed E-state index contributed by atoms with van der Waals surface area (Å²) < 4.78 is 12.2. The van der Waals surface area contributed by atoms with Crippen LogP contribution in [0.15, 0.2) is 0 Å². The second kappa shape index (κ2) is 4.86. The van der Waals surface area contributed by atoms with Gasteiger partial charge in [-0.15, -0.1) is 0 Å². The van der Waals surface area contributed by atoms with Crippen molar-refractivity contribution >= 4 is 5.91 Å². The minimum Gasteiger partial charge on any atom is -0.394 e. The van der Waals surface area contributed by atoms with Crippen molar-refractivity contribution in [2.45, 2.75) is 37.5 Å². The first-order chi connectivity index (χ1) is 7.30. The Labute approximate surface area is 87.7 Å². The van der Waals surface area contributed by atoms with E-state index in [0.717, 1.165) is 6.92 Å². The molecule has 0 bridgehead atoms. The maximum Gasteiger partial charge on any atom is 0.217 e. The van der Waals surface area contributed by atoms with E-state index >= 15 is 0 Å². The molecule has 1 saturated heterocycles. The van der Waals surface area contributed by atoms with Crippen molar-refractivity contribution in [1.82, 2.24) is 5.32 Å². The highest BCUT2D eigenvalue weighted by atomic mass is 16.6. The molecular weight excluding hydrogens is 206 g/mol. The van der Waals surface area contributed by atoms with E-state index in [4.69, 9.17) is 11.2 Å². The summed E-state index contributed by atoms with van der Waals surface area (Å²) in [4.78, 5) is 10.8. The first-order valence-corrected chi connectivity index (χ1v) is 4.42. The van der Waals surface area contributed by atoms with Crippen molar-refractivity contribution < 1.29 is 31.3 Å². The summed E-state index contributed by atoms with van der Waals surface area (Å²) in [7, 11) is 0. The third-order valence-corrected chi connectivity index (χ3v) is 2.11. The first-order valence-electron chi connectivity index (χ1n) is 4.92. The van der Waals surface area contributed by atoms with Crippen molar-refractivity contribution in [3.8, 4) is 0 Å². The van der Waals surface area contributed by atoms with E-state index < -0.39 is 43.1 Å². The zero-order valence-corrected chi connectivity index (χ0v) is 8.12. The number of rotatable bonds is 2. The highest BCUT2D eigenvalue weighted by molar-refractivity contribution is 5.73. The predicted octanol–water partition coefficient (Wildman–Crippen LogP) is -3.08. The number of carbonyl (C=O) groups is 1. The van der Waals surface area contributed by atoms with Crippen molar-refractivity contribution in [2.24, 2.45) is 0 Å². The second-order valence-electron chi connectivity index (χ2n) is 3.30. The predicted molar refractivity (Wildman–Crippen MR) is 47.6 cm³/mol. The number of amides is 1. The van der Waals surface area contributed by atoms with Crippen LogP contribution in [0.2, 0.25) is 0 Å². The van der Waals surface area contributed by atoms with Gasteiger partial charge in [0.25, 0.3) is 0 Å². The molecule has 1 rings (SSSR count). The van der Waals surface area contributed by atoms with Crippen LogP contribution in [0.25, 0.3) is 0 Å². The highest BCUT2D eigenvalue weighted by Gasteiger charge is 2.43. The molecule has 88 valence electrons. The van der Waals surface area contributed by atoms with Gasteiger partial charge in [0.15, 0.2) is 6.29 Å². The average molecular weight is 222 g/mol. The van der Waals surface area contributed by atoms with Gasteiger partial charge in [-0.2, -0.15) is 0 Å². The number of nitrogens with one attached hydrogen (secondary N) is 1. The number of aliphatic hydroxyl groups excluding tert-OH is 3. The van der Waals surface area contributed by atoms with Crippen LogP contribution < -0.4 is 5.32 Å². The zero-order chi connectivity index (χ0) is 12.5. The van der Waals surface area contributed by atoms with E-state index in [9.17, 15) is 20.1 Å². The average Bonchev–Trinajstić information content (AvgIpc) is 2.18. The van der Waals surface area contributed by atoms with Gasteiger partial charge in [-0.1, -0.05) is 0 Å². The van der Waals surface area contributed by atoms with Gasteiger partial charge in [-0.25, -0.2) is 0 Å². The van der Waals surface area contributed by atoms with Crippen molar-refractivity contribution in [2.75, 3.05) is 6.61 Å². The largest absolute Gasteiger partial charge is 0.394 e. The summed E-state index contributed by atoms with van der Waals surface area (Å²) in [6, 6.07) is -1.48. The summed E-state index contributed by atoms with van der Waals surface area (Å²) in [5, 5.41) is 39.5. The van der Waals surface area contributed by atoms with Gasteiger partial charge in [0.05, 0.1) is 7.98 Å². The Kier molecular flexibility index (Phi) is 3.49. The smallest absolute Gasteiger partial charge is 0.217 e. The van der Waals surface area contributed by atoms with Crippen LogP contribution in [-0.4, -0.2) is 63.6 Å². The Bertz CT molecular complexity index is 273. The van der Waals surface area contributed by atoms with E-state index in [-0.39, 0.29) is 0 Å². The fourth-order valence-electron chi connectivity index (χ4n) is 1.36. The standard InChI is InChI=1S/C8H15NO6/c1-3(11)9-5-7(13)6(12)4(2-10)15-8(5)14/h4-8,10,12-14H,2H2,1H3,(H,9,11)/t4-,5-,6+,7-,8?/m1/s1/i7D. The maximum absolute atomic E-state index is 10.8. The van der Waals surface area contributed by atoms with Crippen LogP contribution in [-0.2, 0) is 9.53 Å². The molecule has 1 heterocycles. The van der Waals surface area contributed by atoms with E-state index in [1.165, 1.54) is 0 Å². The molecule has 5 N–H and O–H groups in total. The number of aliphatic hydroxyl groups is 4. The normalized spacial score (nSPS) is 47.1. The Morgan fingerprint density at radius 3 is 2.60 bits per heavy atom. The highest BCUT2D eigenvalue weighted by Crippen LogP contribution is 2.19. The summed E-state index contributed by atoms with van der Waals surface area (Å²) >= 11 is 0. The molecule has 1 aliphatic heterocycles. The summed E-state index contributed by atoms with van der Waals surface area (Å²) in [5.74, 6) is -0.590. The summed E-state index contributed by atoms with van der Waals surface area (Å²) in [5.41, 5.74) is 0. The van der Waals surface area contributed by atoms with Crippen LogP contribution in [0, 0.1) is 0 Å². The van der Waals surface area contributed by atoms with E-state index in [1.807, 2.05) is 0 Å². The SMILES string of the molecule is [2H][C@@]1(O)[C@@H](NC(C)=O)C(O)O[C@H](CO)[C@@H]1O. The molecule has 5 atom stereocenters. The lowest BCUT2D eigenvalue weighted by Crippen LogP contribution is -2.63. The molecule has 0 saturated carbocycles. The van der Waals surface area contributed by atoms with Crippen LogP contribution in [0.1, 0.15) is 8.29 Å². The number of ether oxygens (including phenoxy) is 1. The molecule has 1 amide bonds. The molecule has 0 aromatic heterocycles. The topological polar surface area (TPSA) is 119 Å². The quantitative estimate of drug-likeness (QED) is 0.338. The fraction of sp³-hybridized carbons (Fsp3) is 0.875. The van der Waals surface area contributed by atoms with Gasteiger partial charge in [0.1, 0.15) is 24.3 Å². The lowest BCUT2D eigenvalue weighted by atomic mass is 9.97. The molecule has 0 spiro atoms. The molecule has 1 aliphatic rings. The van der Waals surface area contributed by atoms with Gasteiger partial charge in [-0.05, 0) is 0 Å². The third-order valence-electron chi connectivity index (χ3n) is 2.11. The van der Waals surface area contributed by atoms with Gasteiger partial charge in [0.2, 0.25) is 5.91 Å². The Morgan fingerprint density at radius 1 is 1.53 bits per heavy atom. The van der Waals surface area contributed by atoms with Crippen molar-refractivity contribution in [3.63, 3.8) is 0 Å². The fourth-order valence-corrected chi connectivity index (χ4v) is 1.36. The molecule has 0 aromatic carbocycles. The van der Waals surface area contributed by atoms with E-state index in [2.05, 4.69) is 5.32 Å². The molecule has 7 nitrogen and oxygen atoms in total. The Morgan fingerprint density at radius 2 is 2.13 bits per heavy atom.